The Morgan fingerprint density at radius 3 is 3.04 bits per heavy atom. The van der Waals surface area contributed by atoms with Gasteiger partial charge in [0.25, 0.3) is 0 Å². The standard InChI is InChI=1S/C16H23N3O4/c1-18-14-10-12(21-9-7-19-6-2-3-8-23-19)4-5-15(14)22-11-13(17)16(18)20/h4-5,10,13H,2-3,6-9,11,17H2,1H3/t13-/m0/s1. The molecule has 126 valence electrons. The van der Waals surface area contributed by atoms with E-state index < -0.39 is 6.04 Å². The molecular weight excluding hydrogens is 298 g/mol. The van der Waals surface area contributed by atoms with Crippen molar-refractivity contribution in [3.8, 4) is 11.5 Å². The van der Waals surface area contributed by atoms with Gasteiger partial charge in [0.05, 0.1) is 18.8 Å². The Morgan fingerprint density at radius 2 is 2.26 bits per heavy atom. The van der Waals surface area contributed by atoms with Gasteiger partial charge in [0.2, 0.25) is 5.91 Å². The second-order valence-corrected chi connectivity index (χ2v) is 5.76. The van der Waals surface area contributed by atoms with Crippen LogP contribution in [0.3, 0.4) is 0 Å². The average molecular weight is 321 g/mol. The molecule has 0 bridgehead atoms. The Kier molecular flexibility index (Phi) is 5.00. The van der Waals surface area contributed by atoms with Crippen molar-refractivity contribution >= 4 is 11.6 Å². The summed E-state index contributed by atoms with van der Waals surface area (Å²) in [4.78, 5) is 19.2. The predicted molar refractivity (Wildman–Crippen MR) is 85.6 cm³/mol. The van der Waals surface area contributed by atoms with Gasteiger partial charge >= 0.3 is 0 Å². The van der Waals surface area contributed by atoms with E-state index in [9.17, 15) is 4.79 Å². The number of likely N-dealkylation sites (N-methyl/N-ethyl adjacent to an activating group) is 1. The summed E-state index contributed by atoms with van der Waals surface area (Å²) in [6.07, 6.45) is 2.27. The molecular formula is C16H23N3O4. The van der Waals surface area contributed by atoms with E-state index in [1.54, 1.807) is 7.05 Å². The molecule has 7 heteroatoms. The predicted octanol–water partition coefficient (Wildman–Crippen LogP) is 0.775. The molecule has 0 aromatic heterocycles. The van der Waals surface area contributed by atoms with Crippen LogP contribution in [-0.2, 0) is 9.63 Å². The molecule has 0 saturated carbocycles. The molecule has 0 radical (unpaired) electrons. The molecule has 1 atom stereocenters. The van der Waals surface area contributed by atoms with Gasteiger partial charge in [-0.05, 0) is 25.0 Å². The maximum Gasteiger partial charge on any atom is 0.247 e. The topological polar surface area (TPSA) is 77.3 Å². The van der Waals surface area contributed by atoms with Crippen LogP contribution in [0.25, 0.3) is 0 Å². The molecule has 0 spiro atoms. The molecule has 2 N–H and O–H groups in total. The number of amides is 1. The van der Waals surface area contributed by atoms with Crippen LogP contribution in [-0.4, -0.2) is 57.0 Å². The Bertz CT molecular complexity index is 560. The van der Waals surface area contributed by atoms with E-state index >= 15 is 0 Å². The summed E-state index contributed by atoms with van der Waals surface area (Å²) in [6.45, 7) is 3.15. The van der Waals surface area contributed by atoms with Crippen LogP contribution in [0, 0.1) is 0 Å². The molecule has 2 heterocycles. The summed E-state index contributed by atoms with van der Waals surface area (Å²) < 4.78 is 11.4. The first-order chi connectivity index (χ1) is 11.1. The zero-order valence-corrected chi connectivity index (χ0v) is 13.4. The van der Waals surface area contributed by atoms with Gasteiger partial charge in [-0.2, -0.15) is 5.06 Å². The lowest BCUT2D eigenvalue weighted by Gasteiger charge is -2.25. The summed E-state index contributed by atoms with van der Waals surface area (Å²) in [7, 11) is 1.70. The van der Waals surface area contributed by atoms with Crippen molar-refractivity contribution in [2.75, 3.05) is 44.9 Å². The number of carbonyl (C=O) groups is 1. The molecule has 1 fully saturated rings. The maximum absolute atomic E-state index is 12.1. The third kappa shape index (κ3) is 3.74. The van der Waals surface area contributed by atoms with E-state index in [1.807, 2.05) is 23.3 Å². The maximum atomic E-state index is 12.1. The van der Waals surface area contributed by atoms with Crippen LogP contribution < -0.4 is 20.1 Å². The highest BCUT2D eigenvalue weighted by atomic mass is 16.7. The van der Waals surface area contributed by atoms with E-state index in [0.717, 1.165) is 26.0 Å². The van der Waals surface area contributed by atoms with E-state index in [-0.39, 0.29) is 12.5 Å². The first-order valence-electron chi connectivity index (χ1n) is 7.96. The molecule has 3 rings (SSSR count). The molecule has 1 saturated heterocycles. The van der Waals surface area contributed by atoms with E-state index in [0.29, 0.717) is 30.3 Å². The number of rotatable bonds is 4. The number of hydroxylamine groups is 2. The van der Waals surface area contributed by atoms with Crippen molar-refractivity contribution in [1.82, 2.24) is 5.06 Å². The van der Waals surface area contributed by atoms with Gasteiger partial charge in [-0.15, -0.1) is 0 Å². The van der Waals surface area contributed by atoms with Crippen LogP contribution >= 0.6 is 0 Å². The Labute approximate surface area is 135 Å². The molecule has 7 nitrogen and oxygen atoms in total. The molecule has 0 unspecified atom stereocenters. The summed E-state index contributed by atoms with van der Waals surface area (Å²) in [6, 6.07) is 4.81. The normalized spacial score (nSPS) is 22.3. The minimum atomic E-state index is -0.645. The van der Waals surface area contributed by atoms with Gasteiger partial charge in [-0.1, -0.05) is 0 Å². The smallest absolute Gasteiger partial charge is 0.247 e. The van der Waals surface area contributed by atoms with Crippen molar-refractivity contribution in [2.24, 2.45) is 5.73 Å². The first kappa shape index (κ1) is 16.0. The lowest BCUT2D eigenvalue weighted by atomic mass is 10.2. The lowest BCUT2D eigenvalue weighted by molar-refractivity contribution is -0.183. The molecule has 0 aliphatic carbocycles. The zero-order valence-electron chi connectivity index (χ0n) is 13.4. The minimum absolute atomic E-state index is 0.164. The average Bonchev–Trinajstić information content (AvgIpc) is 2.69. The van der Waals surface area contributed by atoms with Crippen LogP contribution in [0.2, 0.25) is 0 Å². The molecule has 1 aromatic carbocycles. The van der Waals surface area contributed by atoms with Gasteiger partial charge in [0.1, 0.15) is 30.8 Å². The molecule has 2 aliphatic rings. The van der Waals surface area contributed by atoms with Gasteiger partial charge in [0, 0.05) is 19.7 Å². The Balaban J connectivity index is 1.62. The van der Waals surface area contributed by atoms with E-state index in [4.69, 9.17) is 20.0 Å². The molecule has 1 aromatic rings. The number of hydrogen-bond donors (Lipinski definition) is 1. The van der Waals surface area contributed by atoms with Crippen molar-refractivity contribution < 1.29 is 19.1 Å². The summed E-state index contributed by atoms with van der Waals surface area (Å²) in [5.74, 6) is 1.17. The fourth-order valence-corrected chi connectivity index (χ4v) is 2.68. The van der Waals surface area contributed by atoms with Gasteiger partial charge in [-0.3, -0.25) is 9.63 Å². The van der Waals surface area contributed by atoms with Crippen molar-refractivity contribution in [3.63, 3.8) is 0 Å². The second-order valence-electron chi connectivity index (χ2n) is 5.76. The van der Waals surface area contributed by atoms with Crippen molar-refractivity contribution in [3.05, 3.63) is 18.2 Å². The highest BCUT2D eigenvalue weighted by Crippen LogP contribution is 2.33. The number of hydrogen-bond acceptors (Lipinski definition) is 6. The molecule has 1 amide bonds. The summed E-state index contributed by atoms with van der Waals surface area (Å²) in [5.41, 5.74) is 6.46. The number of anilines is 1. The third-order valence-electron chi connectivity index (χ3n) is 4.04. The van der Waals surface area contributed by atoms with Gasteiger partial charge in [-0.25, -0.2) is 0 Å². The van der Waals surface area contributed by atoms with Gasteiger partial charge < -0.3 is 20.1 Å². The fourth-order valence-electron chi connectivity index (χ4n) is 2.68. The van der Waals surface area contributed by atoms with Crippen molar-refractivity contribution in [2.45, 2.75) is 18.9 Å². The Hall–Kier alpha value is -1.83. The highest BCUT2D eigenvalue weighted by Gasteiger charge is 2.26. The second kappa shape index (κ2) is 7.16. The largest absolute Gasteiger partial charge is 0.492 e. The monoisotopic (exact) mass is 321 g/mol. The fraction of sp³-hybridized carbons (Fsp3) is 0.562. The van der Waals surface area contributed by atoms with Crippen molar-refractivity contribution in [1.29, 1.82) is 0 Å². The number of ether oxygens (including phenoxy) is 2. The first-order valence-corrected chi connectivity index (χ1v) is 7.96. The quantitative estimate of drug-likeness (QED) is 0.883. The number of carbonyl (C=O) groups excluding carboxylic acids is 1. The number of benzene rings is 1. The van der Waals surface area contributed by atoms with Crippen LogP contribution in [0.1, 0.15) is 12.8 Å². The van der Waals surface area contributed by atoms with E-state index in [2.05, 4.69) is 0 Å². The minimum Gasteiger partial charge on any atom is -0.492 e. The third-order valence-corrected chi connectivity index (χ3v) is 4.04. The Morgan fingerprint density at radius 1 is 1.39 bits per heavy atom. The highest BCUT2D eigenvalue weighted by molar-refractivity contribution is 5.98. The summed E-state index contributed by atoms with van der Waals surface area (Å²) in [5, 5.41) is 1.94. The van der Waals surface area contributed by atoms with Crippen LogP contribution in [0.15, 0.2) is 18.2 Å². The van der Waals surface area contributed by atoms with Crippen LogP contribution in [0.5, 0.6) is 11.5 Å². The number of nitrogens with zero attached hydrogens (tertiary/aromatic N) is 2. The molecule has 23 heavy (non-hydrogen) atoms. The van der Waals surface area contributed by atoms with Gasteiger partial charge in [0.15, 0.2) is 0 Å². The van der Waals surface area contributed by atoms with Crippen LogP contribution in [0.4, 0.5) is 5.69 Å². The number of nitrogens with two attached hydrogens (primary N) is 1. The molecule has 2 aliphatic heterocycles. The van der Waals surface area contributed by atoms with E-state index in [1.165, 1.54) is 4.90 Å². The summed E-state index contributed by atoms with van der Waals surface area (Å²) >= 11 is 0. The zero-order chi connectivity index (χ0) is 16.2. The lowest BCUT2D eigenvalue weighted by Crippen LogP contribution is -2.43. The number of fused-ring (bicyclic) bond motifs is 1. The SMILES string of the molecule is CN1C(=O)[C@@H](N)COc2ccc(OCCN3CCCCO3)cc21.